The van der Waals surface area contributed by atoms with Crippen molar-refractivity contribution in [2.75, 3.05) is 26.7 Å². The van der Waals surface area contributed by atoms with Crippen LogP contribution in [0.15, 0.2) is 0 Å². The predicted octanol–water partition coefficient (Wildman–Crippen LogP) is 2.50. The second-order valence-corrected chi connectivity index (χ2v) is 5.71. The summed E-state index contributed by atoms with van der Waals surface area (Å²) in [4.78, 5) is 2.48. The van der Waals surface area contributed by atoms with Gasteiger partial charge >= 0.3 is 0 Å². The van der Waals surface area contributed by atoms with Crippen molar-refractivity contribution in [1.82, 2.24) is 10.2 Å². The molecule has 0 aromatic rings. The van der Waals surface area contributed by atoms with Gasteiger partial charge in [-0.25, -0.2) is 0 Å². The van der Waals surface area contributed by atoms with Crippen molar-refractivity contribution in [3.8, 4) is 0 Å². The highest BCUT2D eigenvalue weighted by atomic mass is 15.1. The van der Waals surface area contributed by atoms with E-state index in [1.165, 1.54) is 45.3 Å². The molecule has 0 spiro atoms. The first-order valence-electron chi connectivity index (χ1n) is 6.48. The van der Waals surface area contributed by atoms with E-state index < -0.39 is 0 Å². The molecule has 90 valence electrons. The lowest BCUT2D eigenvalue weighted by molar-refractivity contribution is 0.138. The molecule has 1 rings (SSSR count). The molecular formula is C13H28N2. The standard InChI is InChI=1S/C13H28N2/c1-5-6-10-15(4)11-12-13(2,3)8-7-9-14-12/h12,14H,5-11H2,1-4H3. The van der Waals surface area contributed by atoms with Crippen LogP contribution < -0.4 is 5.32 Å². The van der Waals surface area contributed by atoms with Gasteiger partial charge in [0.05, 0.1) is 0 Å². The summed E-state index contributed by atoms with van der Waals surface area (Å²) in [6.45, 7) is 10.7. The maximum Gasteiger partial charge on any atom is 0.0245 e. The van der Waals surface area contributed by atoms with Gasteiger partial charge in [-0.3, -0.25) is 0 Å². The van der Waals surface area contributed by atoms with Gasteiger partial charge in [-0.05, 0) is 44.8 Å². The molecule has 0 saturated carbocycles. The van der Waals surface area contributed by atoms with E-state index >= 15 is 0 Å². The second kappa shape index (κ2) is 5.86. The van der Waals surface area contributed by atoms with Gasteiger partial charge in [0, 0.05) is 12.6 Å². The van der Waals surface area contributed by atoms with Crippen LogP contribution in [0.3, 0.4) is 0 Å². The molecule has 1 saturated heterocycles. The first kappa shape index (κ1) is 13.0. The molecule has 1 fully saturated rings. The molecule has 1 heterocycles. The van der Waals surface area contributed by atoms with Crippen LogP contribution in [0.1, 0.15) is 46.5 Å². The molecule has 0 aromatic carbocycles. The zero-order valence-corrected chi connectivity index (χ0v) is 11.0. The van der Waals surface area contributed by atoms with Crippen molar-refractivity contribution in [2.24, 2.45) is 5.41 Å². The van der Waals surface area contributed by atoms with E-state index in [2.05, 4.69) is 38.0 Å². The number of likely N-dealkylation sites (N-methyl/N-ethyl adjacent to an activating group) is 1. The molecule has 0 radical (unpaired) electrons. The van der Waals surface area contributed by atoms with Crippen molar-refractivity contribution in [2.45, 2.75) is 52.5 Å². The second-order valence-electron chi connectivity index (χ2n) is 5.71. The summed E-state index contributed by atoms with van der Waals surface area (Å²) >= 11 is 0. The van der Waals surface area contributed by atoms with Crippen LogP contribution in [0.25, 0.3) is 0 Å². The Hall–Kier alpha value is -0.0800. The molecule has 0 aromatic heterocycles. The van der Waals surface area contributed by atoms with Crippen LogP contribution in [0, 0.1) is 5.41 Å². The third-order valence-corrected chi connectivity index (χ3v) is 3.72. The van der Waals surface area contributed by atoms with E-state index in [1.54, 1.807) is 0 Å². The predicted molar refractivity (Wildman–Crippen MR) is 67.2 cm³/mol. The Morgan fingerprint density at radius 3 is 2.73 bits per heavy atom. The molecule has 1 atom stereocenters. The minimum Gasteiger partial charge on any atom is -0.312 e. The highest BCUT2D eigenvalue weighted by Gasteiger charge is 2.32. The fourth-order valence-corrected chi connectivity index (χ4v) is 2.41. The number of rotatable bonds is 5. The summed E-state index contributed by atoms with van der Waals surface area (Å²) in [6.07, 6.45) is 5.32. The Labute approximate surface area is 95.4 Å². The van der Waals surface area contributed by atoms with Crippen LogP contribution >= 0.6 is 0 Å². The summed E-state index contributed by atoms with van der Waals surface area (Å²) in [5.41, 5.74) is 0.471. The van der Waals surface area contributed by atoms with Gasteiger partial charge in [-0.15, -0.1) is 0 Å². The molecule has 15 heavy (non-hydrogen) atoms. The SMILES string of the molecule is CCCCN(C)CC1NCCCC1(C)C. The smallest absolute Gasteiger partial charge is 0.0245 e. The number of nitrogens with one attached hydrogen (secondary N) is 1. The van der Waals surface area contributed by atoms with Gasteiger partial charge in [0.2, 0.25) is 0 Å². The van der Waals surface area contributed by atoms with Gasteiger partial charge in [0.15, 0.2) is 0 Å². The lowest BCUT2D eigenvalue weighted by Crippen LogP contribution is -2.52. The lowest BCUT2D eigenvalue weighted by Gasteiger charge is -2.41. The average Bonchev–Trinajstić information content (AvgIpc) is 2.18. The summed E-state index contributed by atoms with van der Waals surface area (Å²) in [5.74, 6) is 0. The molecule has 0 amide bonds. The van der Waals surface area contributed by atoms with Gasteiger partial charge in [-0.1, -0.05) is 27.2 Å². The molecule has 0 aliphatic carbocycles. The minimum absolute atomic E-state index is 0.471. The number of unbranched alkanes of at least 4 members (excludes halogenated alkanes) is 1. The maximum absolute atomic E-state index is 3.68. The number of hydrogen-bond acceptors (Lipinski definition) is 2. The molecule has 1 N–H and O–H groups in total. The Balaban J connectivity index is 2.34. The van der Waals surface area contributed by atoms with Gasteiger partial charge in [0.25, 0.3) is 0 Å². The summed E-state index contributed by atoms with van der Waals surface area (Å²) in [6, 6.07) is 0.674. The monoisotopic (exact) mass is 212 g/mol. The topological polar surface area (TPSA) is 15.3 Å². The fourth-order valence-electron chi connectivity index (χ4n) is 2.41. The number of piperidine rings is 1. The summed E-state index contributed by atoms with van der Waals surface area (Å²) < 4.78 is 0. The molecule has 1 unspecified atom stereocenters. The van der Waals surface area contributed by atoms with E-state index in [1.807, 2.05) is 0 Å². The van der Waals surface area contributed by atoms with E-state index in [9.17, 15) is 0 Å². The first-order valence-corrected chi connectivity index (χ1v) is 6.48. The zero-order valence-electron chi connectivity index (χ0n) is 11.0. The maximum atomic E-state index is 3.68. The highest BCUT2D eigenvalue weighted by Crippen LogP contribution is 2.30. The van der Waals surface area contributed by atoms with E-state index in [4.69, 9.17) is 0 Å². The van der Waals surface area contributed by atoms with Crippen LogP contribution in [0.2, 0.25) is 0 Å². The average molecular weight is 212 g/mol. The largest absolute Gasteiger partial charge is 0.312 e. The number of hydrogen-bond donors (Lipinski definition) is 1. The van der Waals surface area contributed by atoms with Crippen LogP contribution in [0.4, 0.5) is 0 Å². The summed E-state index contributed by atoms with van der Waals surface area (Å²) in [7, 11) is 2.25. The van der Waals surface area contributed by atoms with Crippen LogP contribution in [-0.4, -0.2) is 37.6 Å². The Morgan fingerprint density at radius 2 is 2.13 bits per heavy atom. The normalized spacial score (nSPS) is 25.8. The molecule has 0 bridgehead atoms. The molecule has 1 aliphatic rings. The minimum atomic E-state index is 0.471. The molecule has 2 heteroatoms. The zero-order chi connectivity index (χ0) is 11.3. The lowest BCUT2D eigenvalue weighted by atomic mass is 9.77. The van der Waals surface area contributed by atoms with Crippen molar-refractivity contribution >= 4 is 0 Å². The van der Waals surface area contributed by atoms with Crippen molar-refractivity contribution in [3.63, 3.8) is 0 Å². The molecular weight excluding hydrogens is 184 g/mol. The van der Waals surface area contributed by atoms with Crippen molar-refractivity contribution in [3.05, 3.63) is 0 Å². The van der Waals surface area contributed by atoms with E-state index in [0.717, 1.165) is 0 Å². The van der Waals surface area contributed by atoms with E-state index in [-0.39, 0.29) is 0 Å². The number of nitrogens with zero attached hydrogens (tertiary/aromatic N) is 1. The third-order valence-electron chi connectivity index (χ3n) is 3.72. The highest BCUT2D eigenvalue weighted by molar-refractivity contribution is 4.89. The van der Waals surface area contributed by atoms with Crippen LogP contribution in [-0.2, 0) is 0 Å². The van der Waals surface area contributed by atoms with Gasteiger partial charge in [0.1, 0.15) is 0 Å². The Bertz CT molecular complexity index is 177. The third kappa shape index (κ3) is 4.12. The fraction of sp³-hybridized carbons (Fsp3) is 1.00. The van der Waals surface area contributed by atoms with Crippen LogP contribution in [0.5, 0.6) is 0 Å². The van der Waals surface area contributed by atoms with Gasteiger partial charge in [-0.2, -0.15) is 0 Å². The van der Waals surface area contributed by atoms with Crippen molar-refractivity contribution in [1.29, 1.82) is 0 Å². The quantitative estimate of drug-likeness (QED) is 0.753. The Morgan fingerprint density at radius 1 is 1.40 bits per heavy atom. The molecule has 1 aliphatic heterocycles. The van der Waals surface area contributed by atoms with Gasteiger partial charge < -0.3 is 10.2 Å². The Kier molecular flexibility index (Phi) is 5.07. The summed E-state index contributed by atoms with van der Waals surface area (Å²) in [5, 5.41) is 3.68. The first-order chi connectivity index (χ1) is 7.06. The molecule has 2 nitrogen and oxygen atoms in total. The van der Waals surface area contributed by atoms with E-state index in [0.29, 0.717) is 11.5 Å². The van der Waals surface area contributed by atoms with Crippen molar-refractivity contribution < 1.29 is 0 Å².